The molecule has 0 aromatic rings. The Labute approximate surface area is 81.5 Å². The Balaban J connectivity index is 2.02. The van der Waals surface area contributed by atoms with Crippen LogP contribution in [0.15, 0.2) is 0 Å². The van der Waals surface area contributed by atoms with E-state index in [4.69, 9.17) is 0 Å². The van der Waals surface area contributed by atoms with Crippen molar-refractivity contribution in [2.24, 2.45) is 0 Å². The summed E-state index contributed by atoms with van der Waals surface area (Å²) in [7, 11) is 5.86. The minimum absolute atomic E-state index is 1.30. The zero-order chi connectivity index (χ0) is 7.78. The van der Waals surface area contributed by atoms with Gasteiger partial charge in [-0.2, -0.15) is 0 Å². The molecule has 1 heterocycles. The molecule has 0 atom stereocenters. The van der Waals surface area contributed by atoms with E-state index in [1.165, 1.54) is 44.3 Å². The van der Waals surface area contributed by atoms with Gasteiger partial charge in [0.05, 0.1) is 0 Å². The van der Waals surface area contributed by atoms with Crippen molar-refractivity contribution < 1.29 is 0 Å². The molecule has 0 aromatic heterocycles. The highest BCUT2D eigenvalue weighted by molar-refractivity contribution is 9.09. The van der Waals surface area contributed by atoms with E-state index in [1.54, 1.807) is 0 Å². The molecule has 0 saturated carbocycles. The molecule has 3 heteroatoms. The van der Waals surface area contributed by atoms with E-state index in [1.807, 2.05) is 31.4 Å². The molecule has 1 saturated heterocycles. The molecule has 65 valence electrons. The van der Waals surface area contributed by atoms with Crippen LogP contribution in [-0.2, 0) is 0 Å². The van der Waals surface area contributed by atoms with Crippen LogP contribution in [0.3, 0.4) is 0 Å². The smallest absolute Gasteiger partial charge is 0.0287 e. The van der Waals surface area contributed by atoms with E-state index in [0.717, 1.165) is 0 Å². The van der Waals surface area contributed by atoms with Crippen LogP contribution in [0.4, 0.5) is 0 Å². The van der Waals surface area contributed by atoms with Crippen molar-refractivity contribution >= 4 is 31.4 Å². The highest BCUT2D eigenvalue weighted by Gasteiger charge is 1.97. The van der Waals surface area contributed by atoms with Crippen molar-refractivity contribution in [3.63, 3.8) is 0 Å². The van der Waals surface area contributed by atoms with Gasteiger partial charge in [0.25, 0.3) is 0 Å². The van der Waals surface area contributed by atoms with E-state index >= 15 is 0 Å². The fourth-order valence-electron chi connectivity index (χ4n) is 1.06. The minimum atomic E-state index is 1.30. The number of hydrogen-bond donors (Lipinski definition) is 0. The maximum absolute atomic E-state index is 2.35. The van der Waals surface area contributed by atoms with Crippen LogP contribution in [0.25, 0.3) is 0 Å². The maximum atomic E-state index is 2.35. The molecule has 0 bridgehead atoms. The Kier molecular flexibility index (Phi) is 7.08. The van der Waals surface area contributed by atoms with Gasteiger partial charge in [-0.15, -0.1) is 0 Å². The van der Waals surface area contributed by atoms with Crippen LogP contribution in [0.2, 0.25) is 0 Å². The van der Waals surface area contributed by atoms with Gasteiger partial charge in [0.15, 0.2) is 0 Å². The Bertz CT molecular complexity index is 47.4. The number of hydrogen-bond acceptors (Lipinski definition) is 3. The molecule has 1 rings (SSSR count). The van der Waals surface area contributed by atoms with Gasteiger partial charge in [0.1, 0.15) is 0 Å². The Hall–Kier alpha value is 1.05. The fourth-order valence-corrected chi connectivity index (χ4v) is 4.61. The molecule has 0 aromatic carbocycles. The molecule has 0 nitrogen and oxygen atoms in total. The summed E-state index contributed by atoms with van der Waals surface area (Å²) in [5.74, 6) is 3.69. The van der Waals surface area contributed by atoms with Crippen molar-refractivity contribution in [2.45, 2.75) is 38.5 Å². The van der Waals surface area contributed by atoms with E-state index in [9.17, 15) is 0 Å². The van der Waals surface area contributed by atoms with E-state index in [-0.39, 0.29) is 0 Å². The second kappa shape index (κ2) is 7.69. The minimum Gasteiger partial charge on any atom is -0.0826 e. The van der Waals surface area contributed by atoms with E-state index in [2.05, 4.69) is 5.75 Å². The summed E-state index contributed by atoms with van der Waals surface area (Å²) in [5, 5.41) is 0. The first-order chi connectivity index (χ1) is 5.50. The van der Waals surface area contributed by atoms with Crippen LogP contribution >= 0.6 is 31.4 Å². The van der Waals surface area contributed by atoms with Gasteiger partial charge in [-0.05, 0) is 22.7 Å². The average molecular weight is 207 g/mol. The summed E-state index contributed by atoms with van der Waals surface area (Å²) in [6.07, 6.45) is 8.45. The molecule has 0 N–H and O–H groups in total. The lowest BCUT2D eigenvalue weighted by molar-refractivity contribution is 0.638. The Morgan fingerprint density at radius 1 is 0.909 bits per heavy atom. The Morgan fingerprint density at radius 2 is 1.73 bits per heavy atom. The largest absolute Gasteiger partial charge is 0.0826 e. The number of rotatable bonds is 0. The second-order valence-electron chi connectivity index (χ2n) is 2.71. The van der Waals surface area contributed by atoms with Gasteiger partial charge in [-0.1, -0.05) is 47.3 Å². The standard InChI is InChI=1S/C8H15S3/c1-2-4-6-8-10-11-9-7-5-3-1/h7H,1-6,8H2. The topological polar surface area (TPSA) is 0 Å². The zero-order valence-corrected chi connectivity index (χ0v) is 9.20. The first-order valence-electron chi connectivity index (χ1n) is 4.27. The molecule has 0 amide bonds. The van der Waals surface area contributed by atoms with Gasteiger partial charge >= 0.3 is 0 Å². The lowest BCUT2D eigenvalue weighted by Gasteiger charge is -1.96. The summed E-state index contributed by atoms with van der Waals surface area (Å²) < 4.78 is 0. The van der Waals surface area contributed by atoms with Gasteiger partial charge in [0.2, 0.25) is 0 Å². The summed E-state index contributed by atoms with van der Waals surface area (Å²) in [6, 6.07) is 0. The van der Waals surface area contributed by atoms with Crippen LogP contribution in [0, 0.1) is 5.75 Å². The van der Waals surface area contributed by atoms with Gasteiger partial charge in [-0.3, -0.25) is 0 Å². The first-order valence-corrected chi connectivity index (χ1v) is 7.98. The fraction of sp³-hybridized carbons (Fsp3) is 0.875. The van der Waals surface area contributed by atoms with Crippen LogP contribution in [0.1, 0.15) is 38.5 Å². The van der Waals surface area contributed by atoms with E-state index in [0.29, 0.717) is 0 Å². The normalized spacial score (nSPS) is 24.0. The van der Waals surface area contributed by atoms with Crippen LogP contribution < -0.4 is 0 Å². The molecule has 1 aliphatic rings. The van der Waals surface area contributed by atoms with Crippen molar-refractivity contribution in [1.82, 2.24) is 0 Å². The average Bonchev–Trinajstić information content (AvgIpc) is 2.08. The SMILES string of the molecule is [CH]1CCCCCCCSSS1. The first kappa shape index (κ1) is 10.1. The van der Waals surface area contributed by atoms with Gasteiger partial charge in [0, 0.05) is 11.5 Å². The lowest BCUT2D eigenvalue weighted by atomic mass is 10.1. The molecule has 1 fully saturated rings. The molecule has 0 unspecified atom stereocenters. The molecule has 1 radical (unpaired) electrons. The third-order valence-electron chi connectivity index (χ3n) is 1.71. The summed E-state index contributed by atoms with van der Waals surface area (Å²) in [5.41, 5.74) is 0. The van der Waals surface area contributed by atoms with Gasteiger partial charge in [-0.25, -0.2) is 0 Å². The Morgan fingerprint density at radius 3 is 2.73 bits per heavy atom. The highest BCUT2D eigenvalue weighted by Crippen LogP contribution is 2.38. The second-order valence-corrected chi connectivity index (χ2v) is 6.93. The third-order valence-corrected chi connectivity index (χ3v) is 5.71. The van der Waals surface area contributed by atoms with Crippen LogP contribution in [0.5, 0.6) is 0 Å². The third kappa shape index (κ3) is 6.23. The monoisotopic (exact) mass is 207 g/mol. The van der Waals surface area contributed by atoms with Crippen molar-refractivity contribution in [2.75, 3.05) is 5.75 Å². The summed E-state index contributed by atoms with van der Waals surface area (Å²) in [6.45, 7) is 0. The van der Waals surface area contributed by atoms with Crippen molar-refractivity contribution in [1.29, 1.82) is 0 Å². The summed E-state index contributed by atoms with van der Waals surface area (Å²) in [4.78, 5) is 0. The molecule has 0 aliphatic carbocycles. The quantitative estimate of drug-likeness (QED) is 0.536. The predicted molar refractivity (Wildman–Crippen MR) is 59.6 cm³/mol. The lowest BCUT2D eigenvalue weighted by Crippen LogP contribution is -1.79. The van der Waals surface area contributed by atoms with E-state index < -0.39 is 0 Å². The summed E-state index contributed by atoms with van der Waals surface area (Å²) >= 11 is 0. The zero-order valence-electron chi connectivity index (χ0n) is 6.75. The van der Waals surface area contributed by atoms with Crippen LogP contribution in [-0.4, -0.2) is 5.75 Å². The molecule has 11 heavy (non-hydrogen) atoms. The molecular formula is C8H15S3. The maximum Gasteiger partial charge on any atom is 0.0287 e. The predicted octanol–water partition coefficient (Wildman–Crippen LogP) is 4.53. The molecular weight excluding hydrogens is 192 g/mol. The molecule has 1 aliphatic heterocycles. The molecule has 0 spiro atoms. The van der Waals surface area contributed by atoms with Crippen molar-refractivity contribution in [3.8, 4) is 0 Å². The van der Waals surface area contributed by atoms with Gasteiger partial charge < -0.3 is 0 Å². The van der Waals surface area contributed by atoms with Crippen molar-refractivity contribution in [3.05, 3.63) is 5.75 Å². The highest BCUT2D eigenvalue weighted by atomic mass is 33.5.